The van der Waals surface area contributed by atoms with Crippen molar-refractivity contribution < 1.29 is 19.1 Å². The van der Waals surface area contributed by atoms with E-state index in [4.69, 9.17) is 9.47 Å². The predicted octanol–water partition coefficient (Wildman–Crippen LogP) is 3.18. The molecular weight excluding hydrogens is 362 g/mol. The van der Waals surface area contributed by atoms with Gasteiger partial charge >= 0.3 is 5.97 Å². The fourth-order valence-corrected chi connectivity index (χ4v) is 2.12. The lowest BCUT2D eigenvalue weighted by molar-refractivity contribution is -0.134. The van der Waals surface area contributed by atoms with Crippen molar-refractivity contribution in [1.29, 1.82) is 0 Å². The van der Waals surface area contributed by atoms with Gasteiger partial charge in [0, 0.05) is 16.6 Å². The van der Waals surface area contributed by atoms with E-state index in [9.17, 15) is 9.59 Å². The minimum Gasteiger partial charge on any atom is -0.493 e. The van der Waals surface area contributed by atoms with E-state index in [1.165, 1.54) is 7.11 Å². The molecule has 0 radical (unpaired) electrons. The maximum atomic E-state index is 11.9. The lowest BCUT2D eigenvalue weighted by Crippen LogP contribution is -2.27. The third-order valence-electron chi connectivity index (χ3n) is 3.01. The lowest BCUT2D eigenvalue weighted by atomic mass is 10.2. The van der Waals surface area contributed by atoms with Crippen molar-refractivity contribution in [2.45, 2.75) is 6.42 Å². The van der Waals surface area contributed by atoms with E-state index in [2.05, 4.69) is 21.2 Å². The Hall–Kier alpha value is -2.34. The van der Waals surface area contributed by atoms with Crippen LogP contribution < -0.4 is 14.8 Å². The lowest BCUT2D eigenvalue weighted by Gasteiger charge is -2.09. The maximum absolute atomic E-state index is 11.9. The smallest absolute Gasteiger partial charge is 0.313 e. The molecule has 0 heterocycles. The minimum atomic E-state index is -0.439. The Morgan fingerprint density at radius 1 is 1.04 bits per heavy atom. The molecule has 0 saturated carbocycles. The summed E-state index contributed by atoms with van der Waals surface area (Å²) in [6.07, 6.45) is 0.0698. The first-order valence-electron chi connectivity index (χ1n) is 6.97. The molecule has 0 aliphatic carbocycles. The molecule has 5 nitrogen and oxygen atoms in total. The van der Waals surface area contributed by atoms with Crippen LogP contribution in [0, 0.1) is 0 Å². The highest BCUT2D eigenvalue weighted by atomic mass is 79.9. The van der Waals surface area contributed by atoms with Gasteiger partial charge in [0.15, 0.2) is 11.5 Å². The topological polar surface area (TPSA) is 64.6 Å². The molecule has 6 heteroatoms. The van der Waals surface area contributed by atoms with E-state index >= 15 is 0 Å². The van der Waals surface area contributed by atoms with Gasteiger partial charge in [-0.25, -0.2) is 0 Å². The van der Waals surface area contributed by atoms with Gasteiger partial charge in [-0.2, -0.15) is 0 Å². The van der Waals surface area contributed by atoms with Crippen molar-refractivity contribution in [2.24, 2.45) is 0 Å². The molecule has 0 aliphatic heterocycles. The zero-order valence-corrected chi connectivity index (χ0v) is 14.1. The third-order valence-corrected chi connectivity index (χ3v) is 3.54. The van der Waals surface area contributed by atoms with Crippen LogP contribution in [0.1, 0.15) is 16.8 Å². The van der Waals surface area contributed by atoms with Gasteiger partial charge in [0.2, 0.25) is 0 Å². The fourth-order valence-electron chi connectivity index (χ4n) is 1.86. The number of hydrogen-bond acceptors (Lipinski definition) is 4. The van der Waals surface area contributed by atoms with Crippen LogP contribution in [0.25, 0.3) is 0 Å². The Labute approximate surface area is 142 Å². The zero-order valence-electron chi connectivity index (χ0n) is 12.5. The molecule has 1 N–H and O–H groups in total. The number of benzene rings is 2. The molecular formula is C17H16BrNO4. The van der Waals surface area contributed by atoms with Gasteiger partial charge in [0.25, 0.3) is 5.91 Å². The van der Waals surface area contributed by atoms with Crippen molar-refractivity contribution in [3.63, 3.8) is 0 Å². The van der Waals surface area contributed by atoms with E-state index in [1.807, 2.05) is 0 Å². The first kappa shape index (κ1) is 17.0. The van der Waals surface area contributed by atoms with Crippen LogP contribution in [-0.2, 0) is 4.79 Å². The Bertz CT molecular complexity index is 685. The van der Waals surface area contributed by atoms with Crippen molar-refractivity contribution in [3.05, 3.63) is 58.6 Å². The van der Waals surface area contributed by atoms with Crippen molar-refractivity contribution in [2.75, 3.05) is 13.7 Å². The average molecular weight is 378 g/mol. The number of amides is 1. The van der Waals surface area contributed by atoms with Crippen molar-refractivity contribution in [1.82, 2.24) is 5.32 Å². The van der Waals surface area contributed by atoms with Gasteiger partial charge in [-0.1, -0.05) is 28.1 Å². The van der Waals surface area contributed by atoms with Gasteiger partial charge < -0.3 is 14.8 Å². The normalized spacial score (nSPS) is 10.0. The van der Waals surface area contributed by atoms with Crippen LogP contribution in [0.2, 0.25) is 0 Å². The highest BCUT2D eigenvalue weighted by Gasteiger charge is 2.10. The molecule has 0 fully saturated rings. The average Bonchev–Trinajstić information content (AvgIpc) is 2.56. The molecule has 120 valence electrons. The summed E-state index contributed by atoms with van der Waals surface area (Å²) < 4.78 is 11.2. The summed E-state index contributed by atoms with van der Waals surface area (Å²) >= 11 is 3.31. The number of rotatable bonds is 6. The quantitative estimate of drug-likeness (QED) is 0.620. The van der Waals surface area contributed by atoms with Gasteiger partial charge in [0.05, 0.1) is 13.5 Å². The number of para-hydroxylation sites is 2. The van der Waals surface area contributed by atoms with Crippen LogP contribution in [0.15, 0.2) is 53.0 Å². The molecule has 0 aromatic heterocycles. The second-order valence-electron chi connectivity index (χ2n) is 4.64. The Kier molecular flexibility index (Phi) is 6.17. The van der Waals surface area contributed by atoms with Gasteiger partial charge in [0.1, 0.15) is 0 Å². The molecule has 2 rings (SSSR count). The second-order valence-corrected chi connectivity index (χ2v) is 5.55. The fraction of sp³-hybridized carbons (Fsp3) is 0.176. The van der Waals surface area contributed by atoms with Crippen molar-refractivity contribution in [3.8, 4) is 11.5 Å². The van der Waals surface area contributed by atoms with E-state index in [-0.39, 0.29) is 18.9 Å². The van der Waals surface area contributed by atoms with Gasteiger partial charge in [-0.3, -0.25) is 9.59 Å². The number of carbonyl (C=O) groups excluding carboxylic acids is 2. The molecule has 23 heavy (non-hydrogen) atoms. The standard InChI is InChI=1S/C17H16BrNO4/c1-22-14-4-2-3-5-15(14)23-16(20)10-11-19-17(21)12-6-8-13(18)9-7-12/h2-9H,10-11H2,1H3,(H,19,21). The maximum Gasteiger partial charge on any atom is 0.313 e. The number of nitrogens with one attached hydrogen (secondary N) is 1. The highest BCUT2D eigenvalue weighted by Crippen LogP contribution is 2.25. The first-order chi connectivity index (χ1) is 11.1. The molecule has 2 aromatic rings. The van der Waals surface area contributed by atoms with Crippen LogP contribution in [-0.4, -0.2) is 25.5 Å². The highest BCUT2D eigenvalue weighted by molar-refractivity contribution is 9.10. The minimum absolute atomic E-state index is 0.0698. The number of hydrogen-bond donors (Lipinski definition) is 1. The Morgan fingerprint density at radius 2 is 1.70 bits per heavy atom. The summed E-state index contributed by atoms with van der Waals surface area (Å²) in [4.78, 5) is 23.7. The summed E-state index contributed by atoms with van der Waals surface area (Å²) in [6.45, 7) is 0.197. The predicted molar refractivity (Wildman–Crippen MR) is 89.7 cm³/mol. The van der Waals surface area contributed by atoms with Gasteiger partial charge in [-0.15, -0.1) is 0 Å². The zero-order chi connectivity index (χ0) is 16.7. The van der Waals surface area contributed by atoms with Crippen LogP contribution in [0.3, 0.4) is 0 Å². The molecule has 0 aliphatic rings. The monoisotopic (exact) mass is 377 g/mol. The molecule has 0 bridgehead atoms. The second kappa shape index (κ2) is 8.33. The number of ether oxygens (including phenoxy) is 2. The number of halogens is 1. The number of carbonyl (C=O) groups is 2. The largest absolute Gasteiger partial charge is 0.493 e. The molecule has 0 spiro atoms. The molecule has 2 aromatic carbocycles. The van der Waals surface area contributed by atoms with Crippen LogP contribution in [0.5, 0.6) is 11.5 Å². The van der Waals surface area contributed by atoms with Crippen LogP contribution >= 0.6 is 15.9 Å². The van der Waals surface area contributed by atoms with E-state index in [0.29, 0.717) is 17.1 Å². The summed E-state index contributed by atoms with van der Waals surface area (Å²) in [7, 11) is 1.51. The SMILES string of the molecule is COc1ccccc1OC(=O)CCNC(=O)c1ccc(Br)cc1. The third kappa shape index (κ3) is 5.10. The van der Waals surface area contributed by atoms with E-state index < -0.39 is 5.97 Å². The molecule has 1 amide bonds. The van der Waals surface area contributed by atoms with Crippen LogP contribution in [0.4, 0.5) is 0 Å². The van der Waals surface area contributed by atoms with Crippen molar-refractivity contribution >= 4 is 27.8 Å². The number of esters is 1. The molecule has 0 atom stereocenters. The van der Waals surface area contributed by atoms with Gasteiger partial charge in [-0.05, 0) is 36.4 Å². The Balaban J connectivity index is 1.80. The first-order valence-corrected chi connectivity index (χ1v) is 7.77. The van der Waals surface area contributed by atoms with E-state index in [1.54, 1.807) is 48.5 Å². The summed E-state index contributed by atoms with van der Waals surface area (Å²) in [5.41, 5.74) is 0.534. The summed E-state index contributed by atoms with van der Waals surface area (Å²) in [5.74, 6) is 0.173. The molecule has 0 saturated heterocycles. The summed E-state index contributed by atoms with van der Waals surface area (Å²) in [5, 5.41) is 2.68. The Morgan fingerprint density at radius 3 is 2.35 bits per heavy atom. The van der Waals surface area contributed by atoms with E-state index in [0.717, 1.165) is 4.47 Å². The molecule has 0 unspecified atom stereocenters. The summed E-state index contributed by atoms with van der Waals surface area (Å²) in [6, 6.07) is 13.9. The number of methoxy groups -OCH3 is 1.